The first-order valence-corrected chi connectivity index (χ1v) is 5.50. The van der Waals surface area contributed by atoms with Crippen molar-refractivity contribution in [2.24, 2.45) is 0 Å². The Labute approximate surface area is 84.2 Å². The highest BCUT2D eigenvalue weighted by Crippen LogP contribution is 2.21. The van der Waals surface area contributed by atoms with Crippen LogP contribution in [0.4, 0.5) is 0 Å². The van der Waals surface area contributed by atoms with Gasteiger partial charge in [-0.1, -0.05) is 22.0 Å². The molecule has 0 N–H and O–H groups in total. The van der Waals surface area contributed by atoms with E-state index in [1.807, 2.05) is 25.1 Å². The highest BCUT2D eigenvalue weighted by molar-refractivity contribution is 9.09. The molecule has 64 valence electrons. The molecule has 0 aromatic carbocycles. The first-order chi connectivity index (χ1) is 5.77. The van der Waals surface area contributed by atoms with Crippen LogP contribution in [0.25, 0.3) is 6.08 Å². The first-order valence-electron chi connectivity index (χ1n) is 3.56. The van der Waals surface area contributed by atoms with Crippen molar-refractivity contribution < 1.29 is 4.79 Å². The topological polar surface area (TPSA) is 17.1 Å². The van der Waals surface area contributed by atoms with E-state index in [-0.39, 0.29) is 0 Å². The monoisotopic (exact) mass is 244 g/mol. The largest absolute Gasteiger partial charge is 0.297 e. The smallest absolute Gasteiger partial charge is 0.160 e. The van der Waals surface area contributed by atoms with E-state index >= 15 is 0 Å². The predicted octanol–water partition coefficient (Wildman–Crippen LogP) is 3.28. The van der Waals surface area contributed by atoms with Crippen LogP contribution in [0.5, 0.6) is 0 Å². The number of aldehydes is 1. The van der Waals surface area contributed by atoms with Crippen molar-refractivity contribution in [2.45, 2.75) is 6.92 Å². The third-order valence-corrected chi connectivity index (χ3v) is 2.95. The van der Waals surface area contributed by atoms with Gasteiger partial charge in [0.1, 0.15) is 0 Å². The van der Waals surface area contributed by atoms with Gasteiger partial charge in [0.2, 0.25) is 0 Å². The van der Waals surface area contributed by atoms with Crippen molar-refractivity contribution in [1.82, 2.24) is 0 Å². The fourth-order valence-electron chi connectivity index (χ4n) is 0.897. The molecule has 0 saturated heterocycles. The Morgan fingerprint density at radius 1 is 1.67 bits per heavy atom. The van der Waals surface area contributed by atoms with Gasteiger partial charge in [0, 0.05) is 10.2 Å². The van der Waals surface area contributed by atoms with E-state index < -0.39 is 0 Å². The Hall–Kier alpha value is -0.410. The molecule has 0 saturated carbocycles. The van der Waals surface area contributed by atoms with E-state index in [0.29, 0.717) is 0 Å². The summed E-state index contributed by atoms with van der Waals surface area (Å²) in [5, 5.41) is 0.848. The quantitative estimate of drug-likeness (QED) is 0.590. The third-order valence-electron chi connectivity index (χ3n) is 1.45. The predicted molar refractivity (Wildman–Crippen MR) is 57.3 cm³/mol. The second kappa shape index (κ2) is 4.58. The molecular formula is C9H9BrOS. The molecule has 0 aliphatic heterocycles. The number of thiophene rings is 1. The molecule has 0 atom stereocenters. The van der Waals surface area contributed by atoms with Crippen LogP contribution in [-0.4, -0.2) is 11.6 Å². The molecular weight excluding hydrogens is 236 g/mol. The lowest BCUT2D eigenvalue weighted by Crippen LogP contribution is -1.67. The summed E-state index contributed by atoms with van der Waals surface area (Å²) < 4.78 is 0. The fourth-order valence-corrected chi connectivity index (χ4v) is 2.01. The number of alkyl halides is 1. The summed E-state index contributed by atoms with van der Waals surface area (Å²) in [4.78, 5) is 12.4. The number of allylic oxidation sites excluding steroid dienone is 1. The third kappa shape index (κ3) is 2.29. The number of aryl methyl sites for hydroxylation is 1. The zero-order chi connectivity index (χ0) is 8.97. The second-order valence-corrected chi connectivity index (χ2v) is 4.13. The number of rotatable bonds is 3. The van der Waals surface area contributed by atoms with Crippen LogP contribution >= 0.6 is 27.3 Å². The van der Waals surface area contributed by atoms with Crippen LogP contribution in [0.2, 0.25) is 0 Å². The average molecular weight is 245 g/mol. The molecule has 3 heteroatoms. The van der Waals surface area contributed by atoms with Crippen LogP contribution in [0.15, 0.2) is 12.1 Å². The maximum absolute atomic E-state index is 10.4. The van der Waals surface area contributed by atoms with Crippen molar-refractivity contribution in [3.63, 3.8) is 0 Å². The number of hydrogen-bond acceptors (Lipinski definition) is 2. The lowest BCUT2D eigenvalue weighted by atomic mass is 10.2. The molecule has 0 fully saturated rings. The van der Waals surface area contributed by atoms with Gasteiger partial charge in [-0.3, -0.25) is 4.79 Å². The maximum atomic E-state index is 10.4. The van der Waals surface area contributed by atoms with Crippen molar-refractivity contribution in [3.8, 4) is 0 Å². The van der Waals surface area contributed by atoms with Crippen molar-refractivity contribution >= 4 is 39.6 Å². The molecule has 0 aliphatic carbocycles. The summed E-state index contributed by atoms with van der Waals surface area (Å²) in [6, 6.07) is 1.91. The van der Waals surface area contributed by atoms with Crippen molar-refractivity contribution in [2.75, 3.05) is 5.33 Å². The minimum Gasteiger partial charge on any atom is -0.297 e. The van der Waals surface area contributed by atoms with E-state index in [0.717, 1.165) is 21.4 Å². The van der Waals surface area contributed by atoms with Gasteiger partial charge in [-0.2, -0.15) is 0 Å². The van der Waals surface area contributed by atoms with Gasteiger partial charge in [-0.15, -0.1) is 11.3 Å². The Balaban J connectivity index is 2.91. The van der Waals surface area contributed by atoms with Crippen LogP contribution in [0.3, 0.4) is 0 Å². The van der Waals surface area contributed by atoms with Crippen LogP contribution in [-0.2, 0) is 0 Å². The minimum atomic E-state index is 0.793. The summed E-state index contributed by atoms with van der Waals surface area (Å²) >= 11 is 4.83. The Morgan fingerprint density at radius 2 is 2.42 bits per heavy atom. The first kappa shape index (κ1) is 9.68. The molecule has 1 nitrogen and oxygen atoms in total. The van der Waals surface area contributed by atoms with Gasteiger partial charge in [-0.25, -0.2) is 0 Å². The molecule has 0 amide bonds. The van der Waals surface area contributed by atoms with Crippen molar-refractivity contribution in [3.05, 3.63) is 27.5 Å². The highest BCUT2D eigenvalue weighted by atomic mass is 79.9. The Morgan fingerprint density at radius 3 is 2.92 bits per heavy atom. The maximum Gasteiger partial charge on any atom is 0.160 e. The lowest BCUT2D eigenvalue weighted by molar-refractivity contribution is 0.112. The highest BCUT2D eigenvalue weighted by Gasteiger charge is 2.00. The number of hydrogen-bond donors (Lipinski definition) is 0. The van der Waals surface area contributed by atoms with E-state index in [2.05, 4.69) is 15.9 Å². The standard InChI is InChI=1S/C9H9BrOS/c1-7-5-8(6-11)12-9(7)3-2-4-10/h2-3,5-6H,4H2,1H3. The van der Waals surface area contributed by atoms with Crippen LogP contribution in [0, 0.1) is 6.92 Å². The van der Waals surface area contributed by atoms with Gasteiger partial charge >= 0.3 is 0 Å². The summed E-state index contributed by atoms with van der Waals surface area (Å²) in [6.45, 7) is 2.01. The van der Waals surface area contributed by atoms with Crippen LogP contribution < -0.4 is 0 Å². The molecule has 1 rings (SSSR count). The van der Waals surface area contributed by atoms with Crippen molar-refractivity contribution in [1.29, 1.82) is 0 Å². The van der Waals surface area contributed by atoms with Gasteiger partial charge in [0.15, 0.2) is 6.29 Å². The zero-order valence-corrected chi connectivity index (χ0v) is 9.11. The lowest BCUT2D eigenvalue weighted by Gasteiger charge is -1.86. The van der Waals surface area contributed by atoms with Gasteiger partial charge in [-0.05, 0) is 24.6 Å². The second-order valence-electron chi connectivity index (χ2n) is 2.37. The molecule has 0 bridgehead atoms. The molecule has 1 aromatic rings. The summed E-state index contributed by atoms with van der Waals surface area (Å²) in [7, 11) is 0. The van der Waals surface area contributed by atoms with E-state index in [1.165, 1.54) is 16.9 Å². The van der Waals surface area contributed by atoms with Gasteiger partial charge in [0.05, 0.1) is 4.88 Å². The number of carbonyl (C=O) groups excluding carboxylic acids is 1. The summed E-state index contributed by atoms with van der Waals surface area (Å²) in [6.07, 6.45) is 4.94. The van der Waals surface area contributed by atoms with E-state index in [4.69, 9.17) is 0 Å². The SMILES string of the molecule is Cc1cc(C=O)sc1C=CCBr. The zero-order valence-electron chi connectivity index (χ0n) is 6.71. The summed E-state index contributed by atoms with van der Waals surface area (Å²) in [5.74, 6) is 0. The molecule has 12 heavy (non-hydrogen) atoms. The fraction of sp³-hybridized carbons (Fsp3) is 0.222. The summed E-state index contributed by atoms with van der Waals surface area (Å²) in [5.41, 5.74) is 1.17. The molecule has 1 aromatic heterocycles. The Bertz CT molecular complexity index is 301. The molecule has 0 unspecified atom stereocenters. The average Bonchev–Trinajstić information content (AvgIpc) is 2.43. The minimum absolute atomic E-state index is 0.793. The molecule has 0 aliphatic rings. The normalized spacial score (nSPS) is 10.8. The molecule has 0 radical (unpaired) electrons. The van der Waals surface area contributed by atoms with Gasteiger partial charge < -0.3 is 0 Å². The van der Waals surface area contributed by atoms with E-state index in [1.54, 1.807) is 0 Å². The van der Waals surface area contributed by atoms with E-state index in [9.17, 15) is 4.79 Å². The molecule has 1 heterocycles. The molecule has 0 spiro atoms. The number of carbonyl (C=O) groups is 1. The van der Waals surface area contributed by atoms with Gasteiger partial charge in [0.25, 0.3) is 0 Å². The van der Waals surface area contributed by atoms with Crippen LogP contribution in [0.1, 0.15) is 20.1 Å². The number of halogens is 1. The Kier molecular flexibility index (Phi) is 3.69.